The van der Waals surface area contributed by atoms with Gasteiger partial charge in [-0.05, 0) is 44.9 Å². The normalized spacial score (nSPS) is 13.6. The number of esters is 2. The van der Waals surface area contributed by atoms with Crippen LogP contribution in [0.15, 0.2) is 24.3 Å². The molecule has 0 radical (unpaired) electrons. The fourth-order valence-electron chi connectivity index (χ4n) is 5.37. The van der Waals surface area contributed by atoms with Crippen LogP contribution in [0.3, 0.4) is 0 Å². The number of rotatable bonds is 37. The van der Waals surface area contributed by atoms with Crippen LogP contribution in [-0.4, -0.2) is 49.3 Å². The van der Waals surface area contributed by atoms with Gasteiger partial charge in [-0.1, -0.05) is 147 Å². The number of ether oxygens (including phenoxy) is 2. The third-order valence-electron chi connectivity index (χ3n) is 8.34. The first-order valence-corrected chi connectivity index (χ1v) is 21.3. The molecule has 0 spiro atoms. The second-order valence-electron chi connectivity index (χ2n) is 13.2. The Hall–Kier alpha value is -1.51. The molecule has 2 unspecified atom stereocenters. The van der Waals surface area contributed by atoms with Gasteiger partial charge in [0.2, 0.25) is 0 Å². The highest BCUT2D eigenvalue weighted by atomic mass is 31.2. The van der Waals surface area contributed by atoms with E-state index < -0.39 is 26.5 Å². The molecular formula is C39H74NO8P. The highest BCUT2D eigenvalue weighted by molar-refractivity contribution is 7.47. The van der Waals surface area contributed by atoms with Gasteiger partial charge < -0.3 is 20.1 Å². The molecule has 0 saturated carbocycles. The molecule has 0 aliphatic carbocycles. The van der Waals surface area contributed by atoms with Crippen molar-refractivity contribution in [3.05, 3.63) is 24.3 Å². The molecule has 3 N–H and O–H groups in total. The minimum atomic E-state index is -4.37. The van der Waals surface area contributed by atoms with Gasteiger partial charge in [0.25, 0.3) is 0 Å². The first kappa shape index (κ1) is 47.5. The van der Waals surface area contributed by atoms with Crippen LogP contribution in [0, 0.1) is 0 Å². The van der Waals surface area contributed by atoms with E-state index in [0.717, 1.165) is 51.4 Å². The fourth-order valence-corrected chi connectivity index (χ4v) is 6.13. The molecular weight excluding hydrogens is 641 g/mol. The molecule has 9 nitrogen and oxygen atoms in total. The van der Waals surface area contributed by atoms with E-state index in [9.17, 15) is 19.0 Å². The van der Waals surface area contributed by atoms with Gasteiger partial charge in [-0.25, -0.2) is 4.57 Å². The van der Waals surface area contributed by atoms with Gasteiger partial charge in [-0.2, -0.15) is 0 Å². The maximum atomic E-state index is 12.5. The summed E-state index contributed by atoms with van der Waals surface area (Å²) in [6.45, 7) is 3.69. The molecule has 0 saturated heterocycles. The second kappa shape index (κ2) is 36.3. The zero-order valence-corrected chi connectivity index (χ0v) is 32.3. The average molecular weight is 716 g/mol. The lowest BCUT2D eigenvalue weighted by atomic mass is 10.1. The number of nitrogens with two attached hydrogens (primary N) is 1. The maximum Gasteiger partial charge on any atom is 0.472 e. The number of hydrogen-bond acceptors (Lipinski definition) is 8. The quantitative estimate of drug-likeness (QED) is 0.0279. The molecule has 0 aliphatic heterocycles. The van der Waals surface area contributed by atoms with E-state index in [-0.39, 0.29) is 38.6 Å². The van der Waals surface area contributed by atoms with Gasteiger partial charge in [0.1, 0.15) is 6.61 Å². The highest BCUT2D eigenvalue weighted by Crippen LogP contribution is 2.43. The van der Waals surface area contributed by atoms with Crippen molar-refractivity contribution in [1.29, 1.82) is 0 Å². The van der Waals surface area contributed by atoms with Crippen molar-refractivity contribution in [2.75, 3.05) is 26.4 Å². The van der Waals surface area contributed by atoms with Crippen LogP contribution in [0.25, 0.3) is 0 Å². The number of carbonyl (C=O) groups excluding carboxylic acids is 2. The lowest BCUT2D eigenvalue weighted by Gasteiger charge is -2.19. The molecule has 288 valence electrons. The van der Waals surface area contributed by atoms with Crippen LogP contribution in [0.5, 0.6) is 0 Å². The van der Waals surface area contributed by atoms with Crippen molar-refractivity contribution in [2.24, 2.45) is 5.73 Å². The van der Waals surface area contributed by atoms with Crippen molar-refractivity contribution < 1.29 is 37.6 Å². The van der Waals surface area contributed by atoms with E-state index in [0.29, 0.717) is 6.42 Å². The third kappa shape index (κ3) is 36.1. The van der Waals surface area contributed by atoms with Gasteiger partial charge in [-0.3, -0.25) is 18.6 Å². The Kier molecular flexibility index (Phi) is 35.2. The minimum Gasteiger partial charge on any atom is -0.462 e. The molecule has 0 amide bonds. The third-order valence-corrected chi connectivity index (χ3v) is 9.32. The molecule has 0 aromatic heterocycles. The van der Waals surface area contributed by atoms with Gasteiger partial charge in [0.15, 0.2) is 6.10 Å². The highest BCUT2D eigenvalue weighted by Gasteiger charge is 2.25. The first-order chi connectivity index (χ1) is 23.8. The van der Waals surface area contributed by atoms with Crippen LogP contribution in [0.1, 0.15) is 181 Å². The van der Waals surface area contributed by atoms with E-state index in [1.165, 1.54) is 96.3 Å². The van der Waals surface area contributed by atoms with Gasteiger partial charge in [0.05, 0.1) is 13.2 Å². The molecule has 10 heteroatoms. The van der Waals surface area contributed by atoms with Crippen molar-refractivity contribution in [3.8, 4) is 0 Å². The molecule has 0 aromatic rings. The second-order valence-corrected chi connectivity index (χ2v) is 14.6. The molecule has 49 heavy (non-hydrogen) atoms. The van der Waals surface area contributed by atoms with Crippen molar-refractivity contribution in [2.45, 2.75) is 187 Å². The predicted octanol–water partition coefficient (Wildman–Crippen LogP) is 10.8. The Bertz CT molecular complexity index is 866. The van der Waals surface area contributed by atoms with Crippen LogP contribution in [0.2, 0.25) is 0 Å². The van der Waals surface area contributed by atoms with Crippen LogP contribution in [-0.2, 0) is 32.7 Å². The van der Waals surface area contributed by atoms with Gasteiger partial charge in [-0.15, -0.1) is 0 Å². The lowest BCUT2D eigenvalue weighted by molar-refractivity contribution is -0.161. The van der Waals surface area contributed by atoms with Crippen molar-refractivity contribution in [3.63, 3.8) is 0 Å². The predicted molar refractivity (Wildman–Crippen MR) is 201 cm³/mol. The summed E-state index contributed by atoms with van der Waals surface area (Å²) >= 11 is 0. The summed E-state index contributed by atoms with van der Waals surface area (Å²) in [5.41, 5.74) is 5.33. The lowest BCUT2D eigenvalue weighted by Crippen LogP contribution is -2.29. The van der Waals surface area contributed by atoms with Crippen LogP contribution < -0.4 is 5.73 Å². The largest absolute Gasteiger partial charge is 0.472 e. The number of hydrogen-bond donors (Lipinski definition) is 2. The Morgan fingerprint density at radius 1 is 0.612 bits per heavy atom. The molecule has 0 bridgehead atoms. The molecule has 2 atom stereocenters. The number of unbranched alkanes of at least 4 members (excludes halogenated alkanes) is 20. The Morgan fingerprint density at radius 2 is 1.06 bits per heavy atom. The zero-order valence-electron chi connectivity index (χ0n) is 31.4. The van der Waals surface area contributed by atoms with E-state index in [2.05, 4.69) is 38.2 Å². The maximum absolute atomic E-state index is 12.5. The van der Waals surface area contributed by atoms with E-state index >= 15 is 0 Å². The Labute approximate surface area is 300 Å². The topological polar surface area (TPSA) is 134 Å². The summed E-state index contributed by atoms with van der Waals surface area (Å²) in [4.78, 5) is 34.7. The van der Waals surface area contributed by atoms with Crippen molar-refractivity contribution in [1.82, 2.24) is 0 Å². The number of phosphoric ester groups is 1. The number of carbonyl (C=O) groups is 2. The molecule has 0 aliphatic rings. The molecule has 0 rings (SSSR count). The van der Waals surface area contributed by atoms with Crippen LogP contribution in [0.4, 0.5) is 0 Å². The molecule has 0 fully saturated rings. The summed E-state index contributed by atoms with van der Waals surface area (Å²) in [5, 5.41) is 0. The average Bonchev–Trinajstić information content (AvgIpc) is 3.08. The minimum absolute atomic E-state index is 0.0533. The smallest absolute Gasteiger partial charge is 0.462 e. The summed E-state index contributed by atoms with van der Waals surface area (Å²) in [7, 11) is -4.37. The fraction of sp³-hybridized carbons (Fsp3) is 0.846. The standard InChI is InChI=1S/C39H74NO8P/c1-3-5-7-9-11-13-15-16-17-18-19-20-22-24-26-28-30-32-39(42)48-37(36-47-49(43,44)46-34-33-40)35-45-38(41)31-29-27-25-23-21-14-12-10-8-6-4-2/h11,13,16-17,37H,3-10,12,14-15,18-36,40H2,1-2H3,(H,43,44)/b13-11-,17-16-. The van der Waals surface area contributed by atoms with Crippen molar-refractivity contribution >= 4 is 19.8 Å². The summed E-state index contributed by atoms with van der Waals surface area (Å²) in [6, 6.07) is 0. The number of allylic oxidation sites excluding steroid dienone is 4. The molecule has 0 aromatic carbocycles. The van der Waals surface area contributed by atoms with Gasteiger partial charge in [0, 0.05) is 19.4 Å². The molecule has 0 heterocycles. The zero-order chi connectivity index (χ0) is 36.1. The van der Waals surface area contributed by atoms with E-state index in [1.54, 1.807) is 0 Å². The first-order valence-electron chi connectivity index (χ1n) is 19.8. The Balaban J connectivity index is 4.19. The number of phosphoric acid groups is 1. The van der Waals surface area contributed by atoms with Crippen LogP contribution >= 0.6 is 7.82 Å². The monoisotopic (exact) mass is 716 g/mol. The summed E-state index contributed by atoms with van der Waals surface area (Å²) in [5.74, 6) is -0.835. The van der Waals surface area contributed by atoms with Gasteiger partial charge >= 0.3 is 19.8 Å². The summed E-state index contributed by atoms with van der Waals surface area (Å²) < 4.78 is 32.7. The SMILES string of the molecule is CCCCC/C=C\C/C=C\CCCCCCCCCC(=O)OC(COC(=O)CCCCCCCCCCCCC)COP(=O)(O)OCCN. The Morgan fingerprint density at radius 3 is 1.59 bits per heavy atom. The van der Waals surface area contributed by atoms with E-state index in [1.807, 2.05) is 0 Å². The summed E-state index contributed by atoms with van der Waals surface area (Å²) in [6.07, 6.45) is 36.3. The van der Waals surface area contributed by atoms with E-state index in [4.69, 9.17) is 24.3 Å².